The summed E-state index contributed by atoms with van der Waals surface area (Å²) in [4.78, 5) is 0. The lowest BCUT2D eigenvalue weighted by Crippen LogP contribution is -2.27. The van der Waals surface area contributed by atoms with Crippen LogP contribution in [0, 0.1) is 5.41 Å². The molecule has 2 nitrogen and oxygen atoms in total. The summed E-state index contributed by atoms with van der Waals surface area (Å²) in [6.45, 7) is 6.62. The molecule has 1 aromatic carbocycles. The first-order valence-corrected chi connectivity index (χ1v) is 7.75. The minimum absolute atomic E-state index is 0.495. The Morgan fingerprint density at radius 3 is 2.84 bits per heavy atom. The molecule has 1 aliphatic carbocycles. The molecule has 2 aliphatic rings. The molecule has 1 unspecified atom stereocenters. The van der Waals surface area contributed by atoms with E-state index in [-0.39, 0.29) is 0 Å². The third kappa shape index (κ3) is 2.64. The van der Waals surface area contributed by atoms with Gasteiger partial charge in [-0.15, -0.1) is 0 Å². The van der Waals surface area contributed by atoms with E-state index < -0.39 is 0 Å². The molecular weight excluding hydrogens is 234 g/mol. The zero-order valence-electron chi connectivity index (χ0n) is 12.2. The Balaban J connectivity index is 1.68. The molecule has 0 saturated heterocycles. The fraction of sp³-hybridized carbons (Fsp3) is 0.647. The molecule has 0 aromatic heterocycles. The molecule has 0 bridgehead atoms. The number of fused-ring (bicyclic) bond motifs is 1. The maximum Gasteiger partial charge on any atom is 0.122 e. The third-order valence-electron chi connectivity index (χ3n) is 4.95. The van der Waals surface area contributed by atoms with E-state index in [0.717, 1.165) is 25.2 Å². The van der Waals surface area contributed by atoms with Gasteiger partial charge in [0.1, 0.15) is 5.75 Å². The summed E-state index contributed by atoms with van der Waals surface area (Å²) in [6, 6.07) is 7.22. The van der Waals surface area contributed by atoms with Crippen molar-refractivity contribution in [2.24, 2.45) is 5.41 Å². The Kier molecular flexibility index (Phi) is 3.53. The maximum atomic E-state index is 5.59. The van der Waals surface area contributed by atoms with Crippen LogP contribution in [-0.2, 0) is 6.42 Å². The van der Waals surface area contributed by atoms with Crippen LogP contribution in [0.1, 0.15) is 56.7 Å². The zero-order chi connectivity index (χ0) is 13.3. The molecule has 0 radical (unpaired) electrons. The zero-order valence-corrected chi connectivity index (χ0v) is 12.2. The summed E-state index contributed by atoms with van der Waals surface area (Å²) in [5.41, 5.74) is 3.43. The van der Waals surface area contributed by atoms with Crippen LogP contribution < -0.4 is 10.1 Å². The van der Waals surface area contributed by atoms with E-state index in [0.29, 0.717) is 11.5 Å². The van der Waals surface area contributed by atoms with Gasteiger partial charge in [-0.1, -0.05) is 26.0 Å². The van der Waals surface area contributed by atoms with E-state index in [4.69, 9.17) is 4.74 Å². The van der Waals surface area contributed by atoms with E-state index >= 15 is 0 Å². The molecule has 1 atom stereocenters. The van der Waals surface area contributed by atoms with Crippen LogP contribution in [0.5, 0.6) is 5.75 Å². The van der Waals surface area contributed by atoms with Crippen molar-refractivity contribution < 1.29 is 4.74 Å². The second kappa shape index (κ2) is 5.16. The predicted octanol–water partition coefficient (Wildman–Crippen LogP) is 3.85. The van der Waals surface area contributed by atoms with Crippen LogP contribution in [-0.4, -0.2) is 13.2 Å². The molecule has 0 spiro atoms. The van der Waals surface area contributed by atoms with Crippen molar-refractivity contribution in [3.05, 3.63) is 29.3 Å². The van der Waals surface area contributed by atoms with Crippen LogP contribution in [0.3, 0.4) is 0 Å². The van der Waals surface area contributed by atoms with E-state index in [9.17, 15) is 0 Å². The van der Waals surface area contributed by atoms with Crippen LogP contribution in [0.2, 0.25) is 0 Å². The monoisotopic (exact) mass is 259 g/mol. The summed E-state index contributed by atoms with van der Waals surface area (Å²) >= 11 is 0. The summed E-state index contributed by atoms with van der Waals surface area (Å²) in [7, 11) is 0. The van der Waals surface area contributed by atoms with Gasteiger partial charge in [-0.2, -0.15) is 0 Å². The first-order chi connectivity index (χ1) is 9.26. The second-order valence-electron chi connectivity index (χ2n) is 6.16. The molecule has 1 heterocycles. The van der Waals surface area contributed by atoms with Crippen LogP contribution in [0.4, 0.5) is 0 Å². The fourth-order valence-electron chi connectivity index (χ4n) is 3.09. The van der Waals surface area contributed by atoms with Gasteiger partial charge in [0.2, 0.25) is 0 Å². The first-order valence-electron chi connectivity index (χ1n) is 7.75. The molecule has 3 rings (SSSR count). The maximum absolute atomic E-state index is 5.59. The first kappa shape index (κ1) is 13.0. The number of hydrogen-bond acceptors (Lipinski definition) is 2. The number of nitrogens with one attached hydrogen (secondary N) is 1. The topological polar surface area (TPSA) is 21.3 Å². The number of rotatable bonds is 6. The van der Waals surface area contributed by atoms with Crippen molar-refractivity contribution in [2.75, 3.05) is 13.2 Å². The highest BCUT2D eigenvalue weighted by atomic mass is 16.5. The van der Waals surface area contributed by atoms with Gasteiger partial charge in [-0.3, -0.25) is 0 Å². The number of benzene rings is 1. The predicted molar refractivity (Wildman–Crippen MR) is 78.6 cm³/mol. The van der Waals surface area contributed by atoms with Gasteiger partial charge >= 0.3 is 0 Å². The van der Waals surface area contributed by atoms with Crippen molar-refractivity contribution in [1.29, 1.82) is 0 Å². The van der Waals surface area contributed by atoms with Gasteiger partial charge in [0.05, 0.1) is 6.61 Å². The summed E-state index contributed by atoms with van der Waals surface area (Å²) in [5, 5.41) is 3.79. The average molecular weight is 259 g/mol. The molecule has 19 heavy (non-hydrogen) atoms. The third-order valence-corrected chi connectivity index (χ3v) is 4.95. The minimum Gasteiger partial charge on any atom is -0.493 e. The Bertz CT molecular complexity index is 451. The molecule has 1 aliphatic heterocycles. The van der Waals surface area contributed by atoms with E-state index in [2.05, 4.69) is 37.4 Å². The summed E-state index contributed by atoms with van der Waals surface area (Å²) < 4.78 is 5.59. The van der Waals surface area contributed by atoms with Crippen LogP contribution in [0.15, 0.2) is 18.2 Å². The standard InChI is InChI=1S/C17H25NO/c1-3-15(18-12-17(4-2)8-9-17)13-5-6-16-14(11-13)7-10-19-16/h5-6,11,15,18H,3-4,7-10,12H2,1-2H3. The molecular formula is C17H25NO. The largest absolute Gasteiger partial charge is 0.493 e. The summed E-state index contributed by atoms with van der Waals surface area (Å²) in [6.07, 6.45) is 6.35. The van der Waals surface area contributed by atoms with Gasteiger partial charge < -0.3 is 10.1 Å². The van der Waals surface area contributed by atoms with Crippen molar-refractivity contribution >= 4 is 0 Å². The van der Waals surface area contributed by atoms with Gasteiger partial charge in [0.25, 0.3) is 0 Å². The van der Waals surface area contributed by atoms with Gasteiger partial charge in [-0.05, 0) is 48.3 Å². The lowest BCUT2D eigenvalue weighted by Gasteiger charge is -2.22. The molecule has 104 valence electrons. The van der Waals surface area contributed by atoms with Gasteiger partial charge in [0.15, 0.2) is 0 Å². The molecule has 1 fully saturated rings. The smallest absolute Gasteiger partial charge is 0.122 e. The quantitative estimate of drug-likeness (QED) is 0.837. The molecule has 1 aromatic rings. The lowest BCUT2D eigenvalue weighted by atomic mass is 9.98. The highest BCUT2D eigenvalue weighted by Gasteiger charge is 2.40. The highest BCUT2D eigenvalue weighted by Crippen LogP contribution is 2.48. The van der Waals surface area contributed by atoms with Crippen LogP contribution in [0.25, 0.3) is 0 Å². The molecule has 1 saturated carbocycles. The van der Waals surface area contributed by atoms with Crippen molar-refractivity contribution in [3.8, 4) is 5.75 Å². The average Bonchev–Trinajstić information content (AvgIpc) is 3.08. The Hall–Kier alpha value is -1.02. The number of ether oxygens (including phenoxy) is 1. The van der Waals surface area contributed by atoms with E-state index in [1.165, 1.54) is 36.9 Å². The Labute approximate surface area is 116 Å². The van der Waals surface area contributed by atoms with Gasteiger partial charge in [-0.25, -0.2) is 0 Å². The molecule has 1 N–H and O–H groups in total. The van der Waals surface area contributed by atoms with Crippen molar-refractivity contribution in [3.63, 3.8) is 0 Å². The fourth-order valence-corrected chi connectivity index (χ4v) is 3.09. The minimum atomic E-state index is 0.495. The Morgan fingerprint density at radius 2 is 2.16 bits per heavy atom. The number of hydrogen-bond donors (Lipinski definition) is 1. The SMILES string of the molecule is CCC(NCC1(CC)CC1)c1ccc2c(c1)CCO2. The second-order valence-corrected chi connectivity index (χ2v) is 6.16. The molecule has 2 heteroatoms. The van der Waals surface area contributed by atoms with Crippen molar-refractivity contribution in [1.82, 2.24) is 5.32 Å². The highest BCUT2D eigenvalue weighted by molar-refractivity contribution is 5.40. The Morgan fingerprint density at radius 1 is 1.32 bits per heavy atom. The van der Waals surface area contributed by atoms with Crippen molar-refractivity contribution in [2.45, 2.75) is 52.0 Å². The van der Waals surface area contributed by atoms with E-state index in [1.54, 1.807) is 0 Å². The normalized spacial score (nSPS) is 20.7. The molecule has 0 amide bonds. The summed E-state index contributed by atoms with van der Waals surface area (Å²) in [5.74, 6) is 1.09. The van der Waals surface area contributed by atoms with E-state index in [1.807, 2.05) is 0 Å². The van der Waals surface area contributed by atoms with Gasteiger partial charge in [0, 0.05) is 19.0 Å². The lowest BCUT2D eigenvalue weighted by molar-refractivity contribution is 0.356. The van der Waals surface area contributed by atoms with Crippen LogP contribution >= 0.6 is 0 Å².